The van der Waals surface area contributed by atoms with Crippen molar-refractivity contribution in [2.45, 2.75) is 5.33 Å². The van der Waals surface area contributed by atoms with E-state index in [9.17, 15) is 4.79 Å². The third kappa shape index (κ3) is 1.80. The van der Waals surface area contributed by atoms with E-state index in [0.29, 0.717) is 16.8 Å². The van der Waals surface area contributed by atoms with E-state index in [2.05, 4.69) is 31.2 Å². The molecule has 0 unspecified atom stereocenters. The molecule has 2 N–H and O–H groups in total. The van der Waals surface area contributed by atoms with Gasteiger partial charge in [-0.1, -0.05) is 15.9 Å². The third-order valence-electron chi connectivity index (χ3n) is 1.25. The molecule has 0 fully saturated rings. The molecule has 1 aromatic heterocycles. The van der Waals surface area contributed by atoms with Gasteiger partial charge in [-0.15, -0.1) is 0 Å². The number of aromatic amines is 1. The highest BCUT2D eigenvalue weighted by Crippen LogP contribution is 1.97. The summed E-state index contributed by atoms with van der Waals surface area (Å²) < 4.78 is 0. The summed E-state index contributed by atoms with van der Waals surface area (Å²) in [4.78, 5) is 17.6. The van der Waals surface area contributed by atoms with Crippen LogP contribution in [0.4, 0.5) is 5.95 Å². The Labute approximate surface area is 72.2 Å². The lowest BCUT2D eigenvalue weighted by Crippen LogP contribution is -2.14. The molecule has 0 radical (unpaired) electrons. The van der Waals surface area contributed by atoms with Crippen LogP contribution in [-0.2, 0) is 5.33 Å². The van der Waals surface area contributed by atoms with Crippen molar-refractivity contribution in [2.75, 3.05) is 12.4 Å². The van der Waals surface area contributed by atoms with Crippen LogP contribution in [0.1, 0.15) is 5.56 Å². The molecular formula is C6H8BrN3O. The number of anilines is 1. The Balaban J connectivity index is 3.10. The Morgan fingerprint density at radius 3 is 3.00 bits per heavy atom. The molecule has 1 heterocycles. The summed E-state index contributed by atoms with van der Waals surface area (Å²) >= 11 is 3.17. The molecule has 0 atom stereocenters. The van der Waals surface area contributed by atoms with Crippen molar-refractivity contribution in [1.82, 2.24) is 9.97 Å². The molecule has 1 aromatic rings. The van der Waals surface area contributed by atoms with Crippen molar-refractivity contribution in [2.24, 2.45) is 0 Å². The summed E-state index contributed by atoms with van der Waals surface area (Å²) in [6, 6.07) is 0. The zero-order valence-corrected chi connectivity index (χ0v) is 7.60. The highest BCUT2D eigenvalue weighted by molar-refractivity contribution is 9.08. The molecule has 0 aromatic carbocycles. The molecule has 0 bridgehead atoms. The molecule has 0 saturated heterocycles. The van der Waals surface area contributed by atoms with E-state index in [0.717, 1.165) is 0 Å². The number of hydrogen-bond acceptors (Lipinski definition) is 3. The van der Waals surface area contributed by atoms with Gasteiger partial charge in [-0.2, -0.15) is 0 Å². The number of alkyl halides is 1. The lowest BCUT2D eigenvalue weighted by atomic mass is 10.4. The van der Waals surface area contributed by atoms with Gasteiger partial charge in [-0.25, -0.2) is 4.98 Å². The fraction of sp³-hybridized carbons (Fsp3) is 0.333. The Morgan fingerprint density at radius 2 is 2.55 bits per heavy atom. The van der Waals surface area contributed by atoms with E-state index < -0.39 is 0 Å². The summed E-state index contributed by atoms with van der Waals surface area (Å²) in [5, 5.41) is 3.26. The summed E-state index contributed by atoms with van der Waals surface area (Å²) in [6.07, 6.45) is 1.54. The minimum atomic E-state index is -0.110. The number of H-pyrrole nitrogens is 1. The first-order valence-corrected chi connectivity index (χ1v) is 4.22. The molecule has 0 saturated carbocycles. The monoisotopic (exact) mass is 217 g/mol. The van der Waals surface area contributed by atoms with Gasteiger partial charge in [0.25, 0.3) is 5.56 Å². The topological polar surface area (TPSA) is 57.8 Å². The summed E-state index contributed by atoms with van der Waals surface area (Å²) in [5.41, 5.74) is 0.519. The molecule has 11 heavy (non-hydrogen) atoms. The van der Waals surface area contributed by atoms with Crippen molar-refractivity contribution in [3.8, 4) is 0 Å². The number of halogens is 1. The van der Waals surface area contributed by atoms with Gasteiger partial charge in [0, 0.05) is 24.1 Å². The van der Waals surface area contributed by atoms with Crippen LogP contribution in [0.2, 0.25) is 0 Å². The first-order valence-electron chi connectivity index (χ1n) is 3.10. The van der Waals surface area contributed by atoms with Crippen LogP contribution in [0.5, 0.6) is 0 Å². The number of rotatable bonds is 2. The van der Waals surface area contributed by atoms with Gasteiger partial charge in [0.2, 0.25) is 5.95 Å². The van der Waals surface area contributed by atoms with Gasteiger partial charge in [-0.05, 0) is 0 Å². The van der Waals surface area contributed by atoms with E-state index in [1.54, 1.807) is 13.2 Å². The molecule has 0 aliphatic heterocycles. The molecule has 0 amide bonds. The fourth-order valence-electron chi connectivity index (χ4n) is 0.643. The fourth-order valence-corrected chi connectivity index (χ4v) is 1.04. The number of hydrogen-bond donors (Lipinski definition) is 2. The van der Waals surface area contributed by atoms with Crippen LogP contribution in [0, 0.1) is 0 Å². The Hall–Kier alpha value is -0.840. The van der Waals surface area contributed by atoms with Crippen molar-refractivity contribution < 1.29 is 0 Å². The highest BCUT2D eigenvalue weighted by atomic mass is 79.9. The van der Waals surface area contributed by atoms with Gasteiger partial charge in [0.05, 0.1) is 0 Å². The largest absolute Gasteiger partial charge is 0.359 e. The molecule has 0 aliphatic rings. The van der Waals surface area contributed by atoms with Crippen molar-refractivity contribution >= 4 is 21.9 Å². The lowest BCUT2D eigenvalue weighted by molar-refractivity contribution is 1.07. The zero-order chi connectivity index (χ0) is 8.27. The normalized spacial score (nSPS) is 9.64. The van der Waals surface area contributed by atoms with Crippen LogP contribution in [0.3, 0.4) is 0 Å². The van der Waals surface area contributed by atoms with Crippen LogP contribution in [0.15, 0.2) is 11.0 Å². The smallest absolute Gasteiger partial charge is 0.256 e. The quantitative estimate of drug-likeness (QED) is 0.718. The Kier molecular flexibility index (Phi) is 2.64. The van der Waals surface area contributed by atoms with Gasteiger partial charge < -0.3 is 5.32 Å². The van der Waals surface area contributed by atoms with Crippen molar-refractivity contribution in [1.29, 1.82) is 0 Å². The lowest BCUT2D eigenvalue weighted by Gasteiger charge is -1.97. The van der Waals surface area contributed by atoms with E-state index >= 15 is 0 Å². The minimum Gasteiger partial charge on any atom is -0.359 e. The molecular weight excluding hydrogens is 210 g/mol. The average Bonchev–Trinajstić information content (AvgIpc) is 2.04. The second-order valence-corrected chi connectivity index (χ2v) is 2.53. The Morgan fingerprint density at radius 1 is 1.82 bits per heavy atom. The second kappa shape index (κ2) is 3.52. The van der Waals surface area contributed by atoms with Crippen LogP contribution < -0.4 is 10.9 Å². The molecule has 5 heteroatoms. The molecule has 60 valence electrons. The molecule has 4 nitrogen and oxygen atoms in total. The van der Waals surface area contributed by atoms with Gasteiger partial charge in [0.15, 0.2) is 0 Å². The van der Waals surface area contributed by atoms with Crippen LogP contribution in [0.25, 0.3) is 0 Å². The highest BCUT2D eigenvalue weighted by Gasteiger charge is 1.97. The van der Waals surface area contributed by atoms with Gasteiger partial charge in [-0.3, -0.25) is 9.78 Å². The second-order valence-electron chi connectivity index (χ2n) is 1.97. The zero-order valence-electron chi connectivity index (χ0n) is 6.02. The maximum Gasteiger partial charge on any atom is 0.256 e. The summed E-state index contributed by atoms with van der Waals surface area (Å²) in [5.74, 6) is 0.486. The molecule has 0 spiro atoms. The first kappa shape index (κ1) is 8.26. The third-order valence-corrected chi connectivity index (χ3v) is 1.86. The predicted molar refractivity (Wildman–Crippen MR) is 47.0 cm³/mol. The van der Waals surface area contributed by atoms with Crippen molar-refractivity contribution in [3.63, 3.8) is 0 Å². The standard InChI is InChI=1S/C6H8BrN3O/c1-8-6-9-3-4(2-7)5(11)10-6/h3H,2H2,1H3,(H2,8,9,10,11). The van der Waals surface area contributed by atoms with E-state index in [-0.39, 0.29) is 5.56 Å². The van der Waals surface area contributed by atoms with E-state index in [4.69, 9.17) is 0 Å². The van der Waals surface area contributed by atoms with Gasteiger partial charge >= 0.3 is 0 Å². The SMILES string of the molecule is CNc1ncc(CBr)c(=O)[nH]1. The number of nitrogens with zero attached hydrogens (tertiary/aromatic N) is 1. The average molecular weight is 218 g/mol. The molecule has 1 rings (SSSR count). The van der Waals surface area contributed by atoms with E-state index in [1.807, 2.05) is 0 Å². The molecule has 0 aliphatic carbocycles. The maximum absolute atomic E-state index is 11.1. The summed E-state index contributed by atoms with van der Waals surface area (Å²) in [7, 11) is 1.70. The minimum absolute atomic E-state index is 0.110. The Bertz CT molecular complexity index is 296. The number of nitrogens with one attached hydrogen (secondary N) is 2. The predicted octanol–water partition coefficient (Wildman–Crippen LogP) is 0.707. The summed E-state index contributed by atoms with van der Waals surface area (Å²) in [6.45, 7) is 0. The number of aromatic nitrogens is 2. The van der Waals surface area contributed by atoms with Gasteiger partial charge in [0.1, 0.15) is 0 Å². The maximum atomic E-state index is 11.1. The van der Waals surface area contributed by atoms with Crippen LogP contribution in [-0.4, -0.2) is 17.0 Å². The van der Waals surface area contributed by atoms with Crippen molar-refractivity contribution in [3.05, 3.63) is 22.1 Å². The first-order chi connectivity index (χ1) is 5.27. The van der Waals surface area contributed by atoms with E-state index in [1.165, 1.54) is 0 Å². The van der Waals surface area contributed by atoms with Crippen LogP contribution >= 0.6 is 15.9 Å².